The van der Waals surface area contributed by atoms with Crippen molar-refractivity contribution in [1.82, 2.24) is 20.8 Å². The number of guanidine groups is 1. The van der Waals surface area contributed by atoms with Crippen LogP contribution in [-0.2, 0) is 6.42 Å². The lowest BCUT2D eigenvalue weighted by Gasteiger charge is -2.10. The monoisotopic (exact) mass is 319 g/mol. The molecule has 0 aliphatic heterocycles. The predicted octanol–water partition coefficient (Wildman–Crippen LogP) is 1.88. The van der Waals surface area contributed by atoms with Gasteiger partial charge < -0.3 is 15.2 Å². The molecular formula is C15H21N5OS. The second kappa shape index (κ2) is 9.09. The van der Waals surface area contributed by atoms with Crippen molar-refractivity contribution in [3.05, 3.63) is 42.0 Å². The molecule has 0 saturated heterocycles. The Labute approximate surface area is 134 Å². The Morgan fingerprint density at radius 3 is 2.68 bits per heavy atom. The van der Waals surface area contributed by atoms with Crippen molar-refractivity contribution in [2.75, 3.05) is 25.9 Å². The van der Waals surface area contributed by atoms with Crippen molar-refractivity contribution < 1.29 is 4.52 Å². The molecule has 1 aromatic heterocycles. The van der Waals surface area contributed by atoms with E-state index in [2.05, 4.69) is 50.0 Å². The minimum atomic E-state index is 0.639. The molecule has 0 unspecified atom stereocenters. The molecule has 0 fully saturated rings. The molecule has 0 bridgehead atoms. The highest BCUT2D eigenvalue weighted by atomic mass is 32.2. The Morgan fingerprint density at radius 1 is 1.23 bits per heavy atom. The van der Waals surface area contributed by atoms with Crippen molar-refractivity contribution in [2.24, 2.45) is 4.99 Å². The summed E-state index contributed by atoms with van der Waals surface area (Å²) in [5.74, 6) is 3.06. The number of thioether (sulfide) groups is 1. The minimum absolute atomic E-state index is 0.639. The fourth-order valence-electron chi connectivity index (χ4n) is 1.81. The number of rotatable bonds is 7. The lowest BCUT2D eigenvalue weighted by atomic mass is 10.4. The Kier molecular flexibility index (Phi) is 6.76. The van der Waals surface area contributed by atoms with Gasteiger partial charge in [0.05, 0.1) is 0 Å². The van der Waals surface area contributed by atoms with Crippen LogP contribution in [0.4, 0.5) is 0 Å². The van der Waals surface area contributed by atoms with E-state index < -0.39 is 0 Å². The first-order valence-electron chi connectivity index (χ1n) is 7.19. The highest BCUT2D eigenvalue weighted by Crippen LogP contribution is 2.15. The van der Waals surface area contributed by atoms with Crippen molar-refractivity contribution in [3.63, 3.8) is 0 Å². The highest BCUT2D eigenvalue weighted by molar-refractivity contribution is 7.99. The van der Waals surface area contributed by atoms with E-state index in [1.54, 1.807) is 7.05 Å². The molecule has 2 aromatic rings. The normalized spacial score (nSPS) is 11.5. The second-order valence-electron chi connectivity index (χ2n) is 4.57. The van der Waals surface area contributed by atoms with E-state index in [4.69, 9.17) is 4.52 Å². The van der Waals surface area contributed by atoms with Crippen molar-refractivity contribution in [1.29, 1.82) is 0 Å². The summed E-state index contributed by atoms with van der Waals surface area (Å²) >= 11 is 1.82. The van der Waals surface area contributed by atoms with Gasteiger partial charge in [-0.25, -0.2) is 0 Å². The average molecular weight is 319 g/mol. The van der Waals surface area contributed by atoms with Crippen LogP contribution in [0.15, 0.2) is 44.7 Å². The second-order valence-corrected chi connectivity index (χ2v) is 5.74. The molecule has 0 amide bonds. The molecule has 0 aliphatic carbocycles. The Balaban J connectivity index is 1.61. The molecule has 0 saturated carbocycles. The average Bonchev–Trinajstić information content (AvgIpc) is 2.96. The standard InChI is InChI=1S/C15H21N5OS/c1-12-19-14(21-20-12)8-9-17-15(16-2)18-10-11-22-13-6-4-3-5-7-13/h3-7H,8-11H2,1-2H3,(H2,16,17,18). The first-order valence-corrected chi connectivity index (χ1v) is 8.18. The molecular weight excluding hydrogens is 298 g/mol. The van der Waals surface area contributed by atoms with E-state index in [0.717, 1.165) is 18.3 Å². The third-order valence-corrected chi connectivity index (χ3v) is 3.84. The molecule has 7 heteroatoms. The van der Waals surface area contributed by atoms with Crippen LogP contribution in [0.3, 0.4) is 0 Å². The molecule has 2 N–H and O–H groups in total. The third kappa shape index (κ3) is 5.77. The summed E-state index contributed by atoms with van der Waals surface area (Å²) in [6, 6.07) is 10.4. The van der Waals surface area contributed by atoms with E-state index in [9.17, 15) is 0 Å². The quantitative estimate of drug-likeness (QED) is 0.351. The van der Waals surface area contributed by atoms with Gasteiger partial charge in [-0.1, -0.05) is 23.4 Å². The van der Waals surface area contributed by atoms with Crippen LogP contribution in [0.5, 0.6) is 0 Å². The number of hydrogen-bond acceptors (Lipinski definition) is 5. The van der Waals surface area contributed by atoms with Crippen molar-refractivity contribution in [2.45, 2.75) is 18.2 Å². The maximum absolute atomic E-state index is 5.06. The summed E-state index contributed by atoms with van der Waals surface area (Å²) in [5.41, 5.74) is 0. The van der Waals surface area contributed by atoms with Crippen LogP contribution in [0, 0.1) is 6.92 Å². The lowest BCUT2D eigenvalue weighted by Crippen LogP contribution is -2.39. The number of nitrogens with zero attached hydrogens (tertiary/aromatic N) is 3. The summed E-state index contributed by atoms with van der Waals surface area (Å²) in [4.78, 5) is 9.63. The number of aliphatic imine (C=N–C) groups is 1. The van der Waals surface area contributed by atoms with Gasteiger partial charge in [0.15, 0.2) is 11.8 Å². The van der Waals surface area contributed by atoms with Gasteiger partial charge in [0.2, 0.25) is 5.89 Å². The van der Waals surface area contributed by atoms with E-state index in [1.807, 2.05) is 24.8 Å². The van der Waals surface area contributed by atoms with E-state index in [0.29, 0.717) is 24.7 Å². The number of aromatic nitrogens is 2. The van der Waals surface area contributed by atoms with Crippen LogP contribution < -0.4 is 10.6 Å². The number of benzene rings is 1. The Hall–Kier alpha value is -2.02. The van der Waals surface area contributed by atoms with Crippen LogP contribution in [0.1, 0.15) is 11.7 Å². The maximum Gasteiger partial charge on any atom is 0.228 e. The van der Waals surface area contributed by atoms with Crippen molar-refractivity contribution >= 4 is 17.7 Å². The fraction of sp³-hybridized carbons (Fsp3) is 0.400. The highest BCUT2D eigenvalue weighted by Gasteiger charge is 2.03. The SMILES string of the molecule is CN=C(NCCSc1ccccc1)NCCc1nc(C)no1. The van der Waals surface area contributed by atoms with Crippen molar-refractivity contribution in [3.8, 4) is 0 Å². The van der Waals surface area contributed by atoms with Crippen LogP contribution in [0.2, 0.25) is 0 Å². The summed E-state index contributed by atoms with van der Waals surface area (Å²) in [7, 11) is 1.76. The smallest absolute Gasteiger partial charge is 0.228 e. The third-order valence-electron chi connectivity index (χ3n) is 2.83. The molecule has 0 aliphatic rings. The first kappa shape index (κ1) is 16.4. The summed E-state index contributed by atoms with van der Waals surface area (Å²) in [6.07, 6.45) is 0.681. The number of aryl methyl sites for hydroxylation is 1. The van der Waals surface area contributed by atoms with Gasteiger partial charge in [-0.15, -0.1) is 11.8 Å². The molecule has 1 heterocycles. The predicted molar refractivity (Wildman–Crippen MR) is 89.3 cm³/mol. The van der Waals surface area contributed by atoms with E-state index in [-0.39, 0.29) is 0 Å². The maximum atomic E-state index is 5.06. The lowest BCUT2D eigenvalue weighted by molar-refractivity contribution is 0.374. The molecule has 118 valence electrons. The fourth-order valence-corrected chi connectivity index (χ4v) is 2.59. The topological polar surface area (TPSA) is 75.3 Å². The number of hydrogen-bond donors (Lipinski definition) is 2. The molecule has 1 aromatic carbocycles. The zero-order valence-electron chi connectivity index (χ0n) is 12.9. The molecule has 22 heavy (non-hydrogen) atoms. The van der Waals surface area contributed by atoms with Crippen LogP contribution >= 0.6 is 11.8 Å². The van der Waals surface area contributed by atoms with E-state index >= 15 is 0 Å². The zero-order valence-corrected chi connectivity index (χ0v) is 13.7. The zero-order chi connectivity index (χ0) is 15.6. The molecule has 2 rings (SSSR count). The molecule has 0 atom stereocenters. The van der Waals surface area contributed by atoms with Crippen LogP contribution in [-0.4, -0.2) is 42.0 Å². The summed E-state index contributed by atoms with van der Waals surface area (Å²) in [6.45, 7) is 3.36. The van der Waals surface area contributed by atoms with E-state index in [1.165, 1.54) is 4.90 Å². The van der Waals surface area contributed by atoms with Gasteiger partial charge in [0.25, 0.3) is 0 Å². The van der Waals surface area contributed by atoms with Gasteiger partial charge in [0.1, 0.15) is 0 Å². The number of nitrogens with one attached hydrogen (secondary N) is 2. The van der Waals surface area contributed by atoms with Gasteiger partial charge in [-0.3, -0.25) is 4.99 Å². The Morgan fingerprint density at radius 2 is 2.00 bits per heavy atom. The van der Waals surface area contributed by atoms with Crippen LogP contribution in [0.25, 0.3) is 0 Å². The van der Waals surface area contributed by atoms with Gasteiger partial charge in [-0.05, 0) is 19.1 Å². The van der Waals surface area contributed by atoms with Gasteiger partial charge >= 0.3 is 0 Å². The molecule has 0 spiro atoms. The molecule has 0 radical (unpaired) electrons. The summed E-state index contributed by atoms with van der Waals surface area (Å²) in [5, 5.41) is 10.3. The molecule has 6 nitrogen and oxygen atoms in total. The minimum Gasteiger partial charge on any atom is -0.356 e. The van der Waals surface area contributed by atoms with Gasteiger partial charge in [-0.2, -0.15) is 4.98 Å². The first-order chi connectivity index (χ1) is 10.8. The Bertz CT molecular complexity index is 585. The summed E-state index contributed by atoms with van der Waals surface area (Å²) < 4.78 is 5.06. The van der Waals surface area contributed by atoms with Gasteiger partial charge in [0, 0.05) is 37.2 Å². The largest absolute Gasteiger partial charge is 0.356 e.